The first kappa shape index (κ1) is 25.8. The first-order chi connectivity index (χ1) is 18.3. The molecule has 1 heterocycles. The Labute approximate surface area is 215 Å². The van der Waals surface area contributed by atoms with Gasteiger partial charge in [0.15, 0.2) is 5.82 Å². The van der Waals surface area contributed by atoms with E-state index in [1.54, 1.807) is 6.07 Å². The van der Waals surface area contributed by atoms with E-state index in [4.69, 9.17) is 20.3 Å². The number of hydrogen-bond donors (Lipinski definition) is 2. The molecule has 9 nitrogen and oxygen atoms in total. The number of aliphatic carboxylic acids is 1. The van der Waals surface area contributed by atoms with E-state index in [2.05, 4.69) is 4.98 Å². The summed E-state index contributed by atoms with van der Waals surface area (Å²) < 4.78 is 39.8. The minimum atomic E-state index is -0.964. The number of fused-ring (bicyclic) bond motifs is 1. The summed E-state index contributed by atoms with van der Waals surface area (Å²) in [5.41, 5.74) is 6.08. The van der Waals surface area contributed by atoms with Crippen LogP contribution in [0.5, 0.6) is 17.2 Å². The summed E-state index contributed by atoms with van der Waals surface area (Å²) in [6.07, 6.45) is 1.67. The number of nitrogens with two attached hydrogens (primary N) is 1. The molecule has 2 amide bonds. The lowest BCUT2D eigenvalue weighted by molar-refractivity contribution is -0.137. The summed E-state index contributed by atoms with van der Waals surface area (Å²) in [5, 5.41) is 18.8. The summed E-state index contributed by atoms with van der Waals surface area (Å²) in [4.78, 5) is 27.9. The van der Waals surface area contributed by atoms with Crippen molar-refractivity contribution in [1.82, 2.24) is 4.98 Å². The number of nitriles is 1. The molecule has 0 aliphatic heterocycles. The first-order valence-corrected chi connectivity index (χ1v) is 11.3. The molecule has 0 atom stereocenters. The van der Waals surface area contributed by atoms with Crippen molar-refractivity contribution in [2.75, 3.05) is 11.5 Å². The van der Waals surface area contributed by atoms with Crippen LogP contribution in [0.15, 0.2) is 66.9 Å². The lowest BCUT2D eigenvalue weighted by Gasteiger charge is -2.21. The van der Waals surface area contributed by atoms with Crippen molar-refractivity contribution in [3.05, 3.63) is 84.1 Å². The molecule has 192 valence electrons. The van der Waals surface area contributed by atoms with Gasteiger partial charge in [-0.05, 0) is 55.0 Å². The van der Waals surface area contributed by atoms with Crippen LogP contribution in [0.3, 0.4) is 0 Å². The number of ether oxygens (including phenoxy) is 2. The largest absolute Gasteiger partial charge is 0.492 e. The van der Waals surface area contributed by atoms with E-state index in [1.807, 2.05) is 6.07 Å². The van der Waals surface area contributed by atoms with Gasteiger partial charge in [-0.15, -0.1) is 0 Å². The number of primary amides is 1. The predicted octanol–water partition coefficient (Wildman–Crippen LogP) is 5.64. The van der Waals surface area contributed by atoms with E-state index in [0.29, 0.717) is 10.9 Å². The van der Waals surface area contributed by atoms with Crippen LogP contribution >= 0.6 is 0 Å². The molecule has 0 saturated heterocycles. The van der Waals surface area contributed by atoms with E-state index in [9.17, 15) is 19.2 Å². The number of nitrogens with zero attached hydrogens (tertiary/aromatic N) is 3. The van der Waals surface area contributed by atoms with E-state index in [1.165, 1.54) is 42.6 Å². The highest BCUT2D eigenvalue weighted by molar-refractivity contribution is 5.98. The fourth-order valence-corrected chi connectivity index (χ4v) is 3.68. The lowest BCUT2D eigenvalue weighted by Crippen LogP contribution is -2.32. The molecule has 1 aromatic heterocycles. The Morgan fingerprint density at radius 2 is 1.82 bits per heavy atom. The molecule has 11 heteroatoms. The lowest BCUT2D eigenvalue weighted by atomic mass is 10.1. The number of carbonyl (C=O) groups is 2. The van der Waals surface area contributed by atoms with Crippen LogP contribution < -0.4 is 20.1 Å². The monoisotopic (exact) mass is 518 g/mol. The Morgan fingerprint density at radius 3 is 2.47 bits per heavy atom. The van der Waals surface area contributed by atoms with Crippen molar-refractivity contribution >= 4 is 34.3 Å². The zero-order chi connectivity index (χ0) is 27.2. The highest BCUT2D eigenvalue weighted by Gasteiger charge is 2.20. The van der Waals surface area contributed by atoms with Gasteiger partial charge >= 0.3 is 12.0 Å². The third kappa shape index (κ3) is 5.76. The van der Waals surface area contributed by atoms with Crippen LogP contribution in [0.1, 0.15) is 18.4 Å². The van der Waals surface area contributed by atoms with Gasteiger partial charge in [0, 0.05) is 30.1 Å². The molecule has 3 aromatic carbocycles. The van der Waals surface area contributed by atoms with Crippen molar-refractivity contribution in [1.29, 1.82) is 5.26 Å². The van der Waals surface area contributed by atoms with Crippen molar-refractivity contribution < 1.29 is 33.0 Å². The Kier molecular flexibility index (Phi) is 7.63. The zero-order valence-electron chi connectivity index (χ0n) is 19.7. The van der Waals surface area contributed by atoms with Gasteiger partial charge in [-0.3, -0.25) is 14.7 Å². The van der Waals surface area contributed by atoms with Gasteiger partial charge in [-0.25, -0.2) is 13.6 Å². The highest BCUT2D eigenvalue weighted by Crippen LogP contribution is 2.35. The molecule has 38 heavy (non-hydrogen) atoms. The standard InChI is InChI=1S/C27H20F2N4O5/c28-17-3-5-18(6-4-17)33(27(31)36)23-8-7-19(13-21(23)29)38-24-9-10-32-22-14-25(16(15-30)12-20(22)24)37-11-1-2-26(34)35/h3-10,12-14H,1-2,11H2,(H2,31,36)(H,34,35). The van der Waals surface area contributed by atoms with Crippen LogP contribution in [0.2, 0.25) is 0 Å². The third-order valence-corrected chi connectivity index (χ3v) is 5.41. The number of urea groups is 1. The third-order valence-electron chi connectivity index (χ3n) is 5.41. The van der Waals surface area contributed by atoms with Gasteiger partial charge in [0.1, 0.15) is 29.1 Å². The number of carboxylic acid groups (broad SMARTS) is 1. The molecular formula is C27H20F2N4O5. The smallest absolute Gasteiger partial charge is 0.323 e. The molecule has 0 bridgehead atoms. The number of hydrogen-bond acceptors (Lipinski definition) is 6. The topological polar surface area (TPSA) is 139 Å². The van der Waals surface area contributed by atoms with E-state index < -0.39 is 23.6 Å². The second-order valence-corrected chi connectivity index (χ2v) is 8.00. The van der Waals surface area contributed by atoms with Crippen LogP contribution in [-0.2, 0) is 4.79 Å². The number of carboxylic acids is 1. The van der Waals surface area contributed by atoms with E-state index in [0.717, 1.165) is 23.1 Å². The number of carbonyl (C=O) groups excluding carboxylic acids is 1. The fourth-order valence-electron chi connectivity index (χ4n) is 3.68. The Hall–Kier alpha value is -5.24. The van der Waals surface area contributed by atoms with Crippen LogP contribution in [-0.4, -0.2) is 28.7 Å². The number of benzene rings is 3. The van der Waals surface area contributed by atoms with Gasteiger partial charge < -0.3 is 20.3 Å². The second-order valence-electron chi connectivity index (χ2n) is 8.00. The summed E-state index contributed by atoms with van der Waals surface area (Å²) in [5.74, 6) is -1.67. The van der Waals surface area contributed by atoms with Crippen LogP contribution in [0, 0.1) is 23.0 Å². The molecular weight excluding hydrogens is 498 g/mol. The molecule has 0 unspecified atom stereocenters. The average molecular weight is 518 g/mol. The van der Waals surface area contributed by atoms with E-state index >= 15 is 4.39 Å². The van der Waals surface area contributed by atoms with Crippen LogP contribution in [0.25, 0.3) is 10.9 Å². The van der Waals surface area contributed by atoms with Gasteiger partial charge in [0.05, 0.1) is 29.1 Å². The Bertz CT molecular complexity index is 1550. The Morgan fingerprint density at radius 1 is 1.05 bits per heavy atom. The molecule has 0 aliphatic carbocycles. The predicted molar refractivity (Wildman–Crippen MR) is 133 cm³/mol. The Balaban J connectivity index is 1.61. The van der Waals surface area contributed by atoms with Gasteiger partial charge in [0.2, 0.25) is 0 Å². The average Bonchev–Trinajstić information content (AvgIpc) is 2.88. The summed E-state index contributed by atoms with van der Waals surface area (Å²) >= 11 is 0. The highest BCUT2D eigenvalue weighted by atomic mass is 19.1. The molecule has 0 saturated carbocycles. The van der Waals surface area contributed by atoms with E-state index in [-0.39, 0.29) is 53.6 Å². The van der Waals surface area contributed by atoms with Crippen molar-refractivity contribution in [2.24, 2.45) is 5.73 Å². The minimum absolute atomic E-state index is 0.0673. The number of amides is 2. The number of pyridine rings is 1. The zero-order valence-corrected chi connectivity index (χ0v) is 19.7. The van der Waals surface area contributed by atoms with Gasteiger partial charge in [-0.2, -0.15) is 5.26 Å². The quantitative estimate of drug-likeness (QED) is 0.274. The summed E-state index contributed by atoms with van der Waals surface area (Å²) in [7, 11) is 0. The molecule has 0 aliphatic rings. The van der Waals surface area contributed by atoms with Crippen LogP contribution in [0.4, 0.5) is 25.0 Å². The normalized spacial score (nSPS) is 10.6. The molecule has 3 N–H and O–H groups in total. The maximum Gasteiger partial charge on any atom is 0.323 e. The number of rotatable bonds is 9. The SMILES string of the molecule is N#Cc1cc2c(Oc3ccc(N(C(N)=O)c4ccc(F)cc4)c(F)c3)ccnc2cc1OCCCC(=O)O. The van der Waals surface area contributed by atoms with Crippen molar-refractivity contribution in [3.8, 4) is 23.3 Å². The summed E-state index contributed by atoms with van der Waals surface area (Å²) in [6.45, 7) is 0.106. The first-order valence-electron chi connectivity index (χ1n) is 11.3. The van der Waals surface area contributed by atoms with Crippen molar-refractivity contribution in [3.63, 3.8) is 0 Å². The maximum atomic E-state index is 15.1. The van der Waals surface area contributed by atoms with Gasteiger partial charge in [0.25, 0.3) is 0 Å². The molecule has 4 aromatic rings. The van der Waals surface area contributed by atoms with Gasteiger partial charge in [-0.1, -0.05) is 0 Å². The number of aromatic nitrogens is 1. The maximum absolute atomic E-state index is 15.1. The number of halogens is 2. The van der Waals surface area contributed by atoms with Crippen molar-refractivity contribution in [2.45, 2.75) is 12.8 Å². The number of anilines is 2. The molecule has 4 rings (SSSR count). The molecule has 0 radical (unpaired) electrons. The molecule has 0 fully saturated rings. The minimum Gasteiger partial charge on any atom is -0.492 e. The molecule has 0 spiro atoms. The fraction of sp³-hybridized carbons (Fsp3) is 0.111. The summed E-state index contributed by atoms with van der Waals surface area (Å²) in [6, 6.07) is 14.3. The second kappa shape index (κ2) is 11.2.